The number of amides is 1. The van der Waals surface area contributed by atoms with Crippen molar-refractivity contribution in [2.24, 2.45) is 0 Å². The number of hydrogen-bond acceptors (Lipinski definition) is 4. The Morgan fingerprint density at radius 1 is 0.962 bits per heavy atom. The van der Waals surface area contributed by atoms with Crippen LogP contribution in [0.2, 0.25) is 10.0 Å². The molecule has 0 saturated heterocycles. The summed E-state index contributed by atoms with van der Waals surface area (Å²) in [6.45, 7) is 3.06. The highest BCUT2D eigenvalue weighted by molar-refractivity contribution is 6.30. The van der Waals surface area contributed by atoms with Gasteiger partial charge in [0.15, 0.2) is 12.2 Å². The number of carbonyl (C=O) groups excluding carboxylic acids is 2. The van der Waals surface area contributed by atoms with Gasteiger partial charge in [-0.05, 0) is 55.8 Å². The Kier molecular flexibility index (Phi) is 6.89. The van der Waals surface area contributed by atoms with Crippen LogP contribution in [-0.4, -0.2) is 24.1 Å². The Labute approximate surface area is 162 Å². The fraction of sp³-hybridized carbons (Fsp3) is 0.263. The van der Waals surface area contributed by atoms with Gasteiger partial charge in [-0.2, -0.15) is 0 Å². The topological polar surface area (TPSA) is 64.6 Å². The Hall–Kier alpha value is -2.24. The zero-order valence-corrected chi connectivity index (χ0v) is 15.9. The van der Waals surface area contributed by atoms with Gasteiger partial charge < -0.3 is 14.8 Å². The number of hydrogen-bond donors (Lipinski definition) is 1. The maximum atomic E-state index is 12.2. The van der Waals surface area contributed by atoms with Gasteiger partial charge in [-0.3, -0.25) is 4.79 Å². The van der Waals surface area contributed by atoms with Crippen molar-refractivity contribution in [3.8, 4) is 5.75 Å². The summed E-state index contributed by atoms with van der Waals surface area (Å²) >= 11 is 11.6. The number of benzene rings is 2. The molecule has 0 heterocycles. The average Bonchev–Trinajstić information content (AvgIpc) is 2.61. The van der Waals surface area contributed by atoms with E-state index in [4.69, 9.17) is 32.7 Å². The summed E-state index contributed by atoms with van der Waals surface area (Å²) in [6, 6.07) is 13.7. The normalized spacial score (nSPS) is 10.9. The SMILES string of the molecule is CC(C)(Oc1ccc(Cl)cc1)C(=O)OCC(=O)NCc1ccc(Cl)cc1. The molecule has 5 nitrogen and oxygen atoms in total. The Morgan fingerprint density at radius 3 is 2.08 bits per heavy atom. The highest BCUT2D eigenvalue weighted by Crippen LogP contribution is 2.21. The first-order valence-electron chi connectivity index (χ1n) is 7.89. The molecule has 1 N–H and O–H groups in total. The fourth-order valence-corrected chi connectivity index (χ4v) is 2.25. The van der Waals surface area contributed by atoms with Gasteiger partial charge in [-0.15, -0.1) is 0 Å². The standard InChI is InChI=1S/C19H19Cl2NO4/c1-19(2,26-16-9-7-15(21)8-10-16)18(24)25-12-17(23)22-11-13-3-5-14(20)6-4-13/h3-10H,11-12H2,1-2H3,(H,22,23). The van der Waals surface area contributed by atoms with Crippen molar-refractivity contribution < 1.29 is 19.1 Å². The molecular weight excluding hydrogens is 377 g/mol. The zero-order chi connectivity index (χ0) is 19.2. The summed E-state index contributed by atoms with van der Waals surface area (Å²) in [5, 5.41) is 3.85. The second-order valence-corrected chi connectivity index (χ2v) is 6.92. The van der Waals surface area contributed by atoms with Gasteiger partial charge in [0, 0.05) is 16.6 Å². The van der Waals surface area contributed by atoms with Gasteiger partial charge in [0.2, 0.25) is 0 Å². The molecule has 1 amide bonds. The van der Waals surface area contributed by atoms with Crippen molar-refractivity contribution in [3.05, 3.63) is 64.1 Å². The van der Waals surface area contributed by atoms with E-state index in [1.807, 2.05) is 0 Å². The zero-order valence-electron chi connectivity index (χ0n) is 14.4. The smallest absolute Gasteiger partial charge is 0.350 e. The molecule has 26 heavy (non-hydrogen) atoms. The maximum Gasteiger partial charge on any atom is 0.350 e. The monoisotopic (exact) mass is 395 g/mol. The third kappa shape index (κ3) is 6.24. The Morgan fingerprint density at radius 2 is 1.50 bits per heavy atom. The van der Waals surface area contributed by atoms with Crippen LogP contribution in [0.15, 0.2) is 48.5 Å². The van der Waals surface area contributed by atoms with E-state index < -0.39 is 17.5 Å². The van der Waals surface area contributed by atoms with Gasteiger partial charge in [-0.1, -0.05) is 35.3 Å². The highest BCUT2D eigenvalue weighted by Gasteiger charge is 2.32. The van der Waals surface area contributed by atoms with Crippen molar-refractivity contribution >= 4 is 35.1 Å². The first kappa shape index (κ1) is 20.1. The predicted octanol–water partition coefficient (Wildman–Crippen LogP) is 4.01. The third-order valence-electron chi connectivity index (χ3n) is 3.42. The number of rotatable bonds is 7. The molecule has 0 radical (unpaired) electrons. The summed E-state index contributed by atoms with van der Waals surface area (Å²) in [5.74, 6) is -0.576. The summed E-state index contributed by atoms with van der Waals surface area (Å²) < 4.78 is 10.7. The first-order valence-corrected chi connectivity index (χ1v) is 8.65. The highest BCUT2D eigenvalue weighted by atomic mass is 35.5. The summed E-state index contributed by atoms with van der Waals surface area (Å²) in [4.78, 5) is 24.0. The van der Waals surface area contributed by atoms with Crippen molar-refractivity contribution in [3.63, 3.8) is 0 Å². The second-order valence-electron chi connectivity index (χ2n) is 6.05. The quantitative estimate of drug-likeness (QED) is 0.719. The lowest BCUT2D eigenvalue weighted by Gasteiger charge is -2.24. The molecule has 0 aromatic heterocycles. The number of halogens is 2. The molecule has 138 valence electrons. The van der Waals surface area contributed by atoms with E-state index in [0.717, 1.165) is 5.56 Å². The molecule has 0 unspecified atom stereocenters. The van der Waals surface area contributed by atoms with Gasteiger partial charge in [0.1, 0.15) is 5.75 Å². The average molecular weight is 396 g/mol. The van der Waals surface area contributed by atoms with Crippen LogP contribution in [0.1, 0.15) is 19.4 Å². The number of ether oxygens (including phenoxy) is 2. The molecule has 2 aromatic rings. The van der Waals surface area contributed by atoms with Crippen LogP contribution in [0.3, 0.4) is 0 Å². The molecule has 7 heteroatoms. The van der Waals surface area contributed by atoms with Gasteiger partial charge in [0.25, 0.3) is 5.91 Å². The number of nitrogens with one attached hydrogen (secondary N) is 1. The van der Waals surface area contributed by atoms with Gasteiger partial charge in [0.05, 0.1) is 0 Å². The second kappa shape index (κ2) is 8.92. The molecule has 0 spiro atoms. The van der Waals surface area contributed by atoms with E-state index in [1.165, 1.54) is 0 Å². The minimum absolute atomic E-state index is 0.318. The van der Waals surface area contributed by atoms with E-state index in [1.54, 1.807) is 62.4 Å². The van der Waals surface area contributed by atoms with Crippen molar-refractivity contribution in [2.75, 3.05) is 6.61 Å². The van der Waals surface area contributed by atoms with Crippen LogP contribution in [0.5, 0.6) is 5.75 Å². The molecule has 2 aromatic carbocycles. The van der Waals surface area contributed by atoms with Crippen LogP contribution < -0.4 is 10.1 Å². The lowest BCUT2D eigenvalue weighted by Crippen LogP contribution is -2.41. The largest absolute Gasteiger partial charge is 0.476 e. The lowest BCUT2D eigenvalue weighted by atomic mass is 10.1. The van der Waals surface area contributed by atoms with E-state index in [2.05, 4.69) is 5.32 Å². The Bertz CT molecular complexity index is 758. The first-order chi connectivity index (χ1) is 12.3. The van der Waals surface area contributed by atoms with Crippen molar-refractivity contribution in [2.45, 2.75) is 26.0 Å². The molecule has 0 fully saturated rings. The molecule has 0 aliphatic rings. The van der Waals surface area contributed by atoms with Crippen molar-refractivity contribution in [1.29, 1.82) is 0 Å². The lowest BCUT2D eigenvalue weighted by molar-refractivity contribution is -0.162. The summed E-state index contributed by atoms with van der Waals surface area (Å²) in [6.07, 6.45) is 0. The summed E-state index contributed by atoms with van der Waals surface area (Å²) in [7, 11) is 0. The minimum atomic E-state index is -1.25. The van der Waals surface area contributed by atoms with E-state index in [0.29, 0.717) is 22.3 Å². The van der Waals surface area contributed by atoms with Crippen LogP contribution >= 0.6 is 23.2 Å². The van der Waals surface area contributed by atoms with E-state index in [-0.39, 0.29) is 6.61 Å². The van der Waals surface area contributed by atoms with E-state index >= 15 is 0 Å². The van der Waals surface area contributed by atoms with E-state index in [9.17, 15) is 9.59 Å². The fourth-order valence-electron chi connectivity index (χ4n) is 2.00. The minimum Gasteiger partial charge on any atom is -0.476 e. The summed E-state index contributed by atoms with van der Waals surface area (Å²) in [5.41, 5.74) is -0.356. The van der Waals surface area contributed by atoms with Crippen molar-refractivity contribution in [1.82, 2.24) is 5.32 Å². The molecule has 0 bridgehead atoms. The molecule has 2 rings (SSSR count). The molecule has 0 saturated carbocycles. The van der Waals surface area contributed by atoms with Gasteiger partial charge in [-0.25, -0.2) is 4.79 Å². The van der Waals surface area contributed by atoms with Crippen LogP contribution in [0, 0.1) is 0 Å². The third-order valence-corrected chi connectivity index (χ3v) is 3.92. The van der Waals surface area contributed by atoms with Crippen LogP contribution in [-0.2, 0) is 20.9 Å². The van der Waals surface area contributed by atoms with Crippen LogP contribution in [0.4, 0.5) is 0 Å². The Balaban J connectivity index is 1.79. The maximum absolute atomic E-state index is 12.2. The number of carbonyl (C=O) groups is 2. The van der Waals surface area contributed by atoms with Crippen LogP contribution in [0.25, 0.3) is 0 Å². The molecular formula is C19H19Cl2NO4. The number of esters is 1. The molecule has 0 atom stereocenters. The molecule has 0 aliphatic carbocycles. The predicted molar refractivity (Wildman–Crippen MR) is 100 cm³/mol. The van der Waals surface area contributed by atoms with Gasteiger partial charge >= 0.3 is 5.97 Å². The molecule has 0 aliphatic heterocycles.